The molecule has 4 aliphatic rings. The number of rotatable bonds is 2. The van der Waals surface area contributed by atoms with Crippen LogP contribution >= 0.6 is 0 Å². The smallest absolute Gasteiger partial charge is 0.329 e. The van der Waals surface area contributed by atoms with Crippen LogP contribution in [0.4, 0.5) is 0 Å². The number of hydrogen-bond acceptors (Lipinski definition) is 6. The van der Waals surface area contributed by atoms with Crippen molar-refractivity contribution in [1.82, 2.24) is 0 Å². The number of carbonyl (C=O) groups is 2. The van der Waals surface area contributed by atoms with Gasteiger partial charge in [0.05, 0.1) is 19.8 Å². The van der Waals surface area contributed by atoms with Crippen molar-refractivity contribution in [2.24, 2.45) is 17.3 Å². The van der Waals surface area contributed by atoms with Crippen molar-refractivity contribution in [3.05, 3.63) is 29.8 Å². The van der Waals surface area contributed by atoms with E-state index in [1.165, 1.54) is 0 Å². The maximum absolute atomic E-state index is 13.4. The Hall–Kier alpha value is -1.92. The van der Waals surface area contributed by atoms with E-state index in [4.69, 9.17) is 18.9 Å². The van der Waals surface area contributed by atoms with Crippen molar-refractivity contribution in [2.75, 3.05) is 19.8 Å². The molecular weight excluding hydrogens is 348 g/mol. The molecule has 1 saturated heterocycles. The molecule has 4 atom stereocenters. The van der Waals surface area contributed by atoms with E-state index < -0.39 is 23.1 Å². The third-order valence-electron chi connectivity index (χ3n) is 6.93. The highest BCUT2D eigenvalue weighted by Gasteiger charge is 2.72. The summed E-state index contributed by atoms with van der Waals surface area (Å²) in [5.74, 6) is -1.70. The first-order valence-electron chi connectivity index (χ1n) is 9.90. The van der Waals surface area contributed by atoms with Gasteiger partial charge in [0.25, 0.3) is 0 Å². The quantitative estimate of drug-likeness (QED) is 0.452. The fraction of sp³-hybridized carbons (Fsp3) is 0.619. The molecule has 6 heteroatoms. The van der Waals surface area contributed by atoms with E-state index in [0.29, 0.717) is 25.4 Å². The molecule has 2 heterocycles. The third kappa shape index (κ3) is 2.14. The van der Waals surface area contributed by atoms with Gasteiger partial charge in [-0.25, -0.2) is 0 Å². The molecule has 2 aliphatic carbocycles. The van der Waals surface area contributed by atoms with Gasteiger partial charge in [-0.3, -0.25) is 9.59 Å². The fourth-order valence-electron chi connectivity index (χ4n) is 6.01. The van der Waals surface area contributed by atoms with E-state index in [-0.39, 0.29) is 24.4 Å². The van der Waals surface area contributed by atoms with Crippen molar-refractivity contribution >= 4 is 11.9 Å². The number of benzene rings is 1. The highest BCUT2D eigenvalue weighted by Crippen LogP contribution is 2.66. The molecule has 0 radical (unpaired) electrons. The zero-order valence-electron chi connectivity index (χ0n) is 15.4. The Balaban J connectivity index is 1.72. The van der Waals surface area contributed by atoms with Crippen LogP contribution in [0.15, 0.2) is 24.3 Å². The van der Waals surface area contributed by atoms with Gasteiger partial charge in [0, 0.05) is 18.3 Å². The first kappa shape index (κ1) is 17.2. The van der Waals surface area contributed by atoms with Gasteiger partial charge in [-0.2, -0.15) is 0 Å². The van der Waals surface area contributed by atoms with Crippen LogP contribution in [0.2, 0.25) is 0 Å². The minimum absolute atomic E-state index is 0.00142. The average Bonchev–Trinajstić information content (AvgIpc) is 3.33. The maximum Gasteiger partial charge on any atom is 0.329 e. The van der Waals surface area contributed by atoms with E-state index >= 15 is 0 Å². The molecule has 0 bridgehead atoms. The van der Waals surface area contributed by atoms with Gasteiger partial charge in [-0.1, -0.05) is 24.6 Å². The molecule has 5 rings (SSSR count). The number of para-hydroxylation sites is 1. The van der Waals surface area contributed by atoms with E-state index in [2.05, 4.69) is 0 Å². The van der Waals surface area contributed by atoms with Crippen LogP contribution in [0.5, 0.6) is 5.75 Å². The van der Waals surface area contributed by atoms with Crippen molar-refractivity contribution < 1.29 is 28.5 Å². The molecule has 1 aromatic carbocycles. The highest BCUT2D eigenvalue weighted by molar-refractivity contribution is 6.04. The summed E-state index contributed by atoms with van der Waals surface area (Å²) in [5.41, 5.74) is -0.444. The van der Waals surface area contributed by atoms with Gasteiger partial charge in [0.2, 0.25) is 0 Å². The Morgan fingerprint density at radius 1 is 1.19 bits per heavy atom. The zero-order chi connectivity index (χ0) is 18.6. The Bertz CT molecular complexity index is 783. The normalized spacial score (nSPS) is 35.9. The third-order valence-corrected chi connectivity index (χ3v) is 6.93. The summed E-state index contributed by atoms with van der Waals surface area (Å²) in [6.45, 7) is 3.10. The van der Waals surface area contributed by atoms with Crippen LogP contribution in [0.25, 0.3) is 0 Å². The van der Waals surface area contributed by atoms with Gasteiger partial charge in [-0.15, -0.1) is 0 Å². The lowest BCUT2D eigenvalue weighted by Gasteiger charge is -2.54. The largest absolute Gasteiger partial charge is 0.465 e. The lowest BCUT2D eigenvalue weighted by molar-refractivity contribution is -0.251. The van der Waals surface area contributed by atoms with Crippen LogP contribution < -0.4 is 4.74 Å². The summed E-state index contributed by atoms with van der Waals surface area (Å²) < 4.78 is 23.5. The summed E-state index contributed by atoms with van der Waals surface area (Å²) in [6.07, 6.45) is 3.06. The van der Waals surface area contributed by atoms with E-state index in [9.17, 15) is 9.59 Å². The number of carbonyl (C=O) groups excluding carboxylic acids is 2. The Morgan fingerprint density at radius 3 is 2.70 bits per heavy atom. The fourth-order valence-corrected chi connectivity index (χ4v) is 6.01. The monoisotopic (exact) mass is 372 g/mol. The predicted molar refractivity (Wildman–Crippen MR) is 94.0 cm³/mol. The van der Waals surface area contributed by atoms with Crippen molar-refractivity contribution in [3.63, 3.8) is 0 Å². The number of fused-ring (bicyclic) bond motifs is 6. The number of esters is 2. The van der Waals surface area contributed by atoms with Gasteiger partial charge >= 0.3 is 11.9 Å². The Labute approximate surface area is 158 Å². The van der Waals surface area contributed by atoms with Crippen LogP contribution in [0, 0.1) is 17.3 Å². The predicted octanol–water partition coefficient (Wildman–Crippen LogP) is 2.80. The topological polar surface area (TPSA) is 71.1 Å². The van der Waals surface area contributed by atoms with E-state index in [1.54, 1.807) is 13.0 Å². The Kier molecular flexibility index (Phi) is 3.85. The standard InChI is InChI=1S/C21H24O6/c1-2-24-18(22)21-15-8-5-7-14(15)20(25-10-11-26-20)12-16(21)13-6-3-4-9-17(13)27-19(21)23/h3-4,6,9,14-16H,2,5,7-8,10-12H2,1H3. The minimum Gasteiger partial charge on any atom is -0.465 e. The molecule has 1 aromatic rings. The van der Waals surface area contributed by atoms with Crippen molar-refractivity contribution in [1.29, 1.82) is 0 Å². The second-order valence-electron chi connectivity index (χ2n) is 7.93. The summed E-state index contributed by atoms with van der Waals surface area (Å²) >= 11 is 0. The zero-order valence-corrected chi connectivity index (χ0v) is 15.4. The number of hydrogen-bond donors (Lipinski definition) is 0. The van der Waals surface area contributed by atoms with Gasteiger partial charge in [-0.05, 0) is 37.3 Å². The van der Waals surface area contributed by atoms with Crippen LogP contribution in [-0.4, -0.2) is 37.5 Å². The molecule has 0 amide bonds. The SMILES string of the molecule is CCOC(=O)C12C(=O)Oc3ccccc3C1CC1(OCCO1)C1CCCC12. The van der Waals surface area contributed by atoms with Gasteiger partial charge in [0.1, 0.15) is 5.75 Å². The molecule has 0 N–H and O–H groups in total. The van der Waals surface area contributed by atoms with Crippen LogP contribution in [0.3, 0.4) is 0 Å². The summed E-state index contributed by atoms with van der Waals surface area (Å²) in [6, 6.07) is 7.48. The lowest BCUT2D eigenvalue weighted by atomic mass is 9.52. The maximum atomic E-state index is 13.4. The molecule has 4 unspecified atom stereocenters. The lowest BCUT2D eigenvalue weighted by Crippen LogP contribution is -2.64. The first-order chi connectivity index (χ1) is 13.1. The highest BCUT2D eigenvalue weighted by atomic mass is 16.7. The molecule has 6 nitrogen and oxygen atoms in total. The molecule has 2 aliphatic heterocycles. The molecule has 1 spiro atoms. The molecule has 27 heavy (non-hydrogen) atoms. The average molecular weight is 372 g/mol. The van der Waals surface area contributed by atoms with E-state index in [0.717, 1.165) is 24.8 Å². The van der Waals surface area contributed by atoms with Gasteiger partial charge in [0.15, 0.2) is 11.2 Å². The summed E-state index contributed by atoms with van der Waals surface area (Å²) in [5, 5.41) is 0. The van der Waals surface area contributed by atoms with Gasteiger partial charge < -0.3 is 18.9 Å². The molecular formula is C21H24O6. The molecule has 2 saturated carbocycles. The minimum atomic E-state index is -1.31. The molecule has 0 aromatic heterocycles. The van der Waals surface area contributed by atoms with Crippen molar-refractivity contribution in [2.45, 2.75) is 44.3 Å². The number of ether oxygens (including phenoxy) is 4. The van der Waals surface area contributed by atoms with Crippen LogP contribution in [0.1, 0.15) is 44.1 Å². The molecule has 3 fully saturated rings. The summed E-state index contributed by atoms with van der Waals surface area (Å²) in [4.78, 5) is 26.7. The molecule has 144 valence electrons. The van der Waals surface area contributed by atoms with E-state index in [1.807, 2.05) is 18.2 Å². The first-order valence-corrected chi connectivity index (χ1v) is 9.90. The second-order valence-corrected chi connectivity index (χ2v) is 7.93. The summed E-state index contributed by atoms with van der Waals surface area (Å²) in [7, 11) is 0. The van der Waals surface area contributed by atoms with Crippen LogP contribution in [-0.2, 0) is 23.8 Å². The Morgan fingerprint density at radius 2 is 1.93 bits per heavy atom. The second kappa shape index (κ2) is 6.04. The van der Waals surface area contributed by atoms with Crippen molar-refractivity contribution in [3.8, 4) is 5.75 Å².